The Kier molecular flexibility index (Phi) is 6.87. The second-order valence-corrected chi connectivity index (χ2v) is 9.46. The van der Waals surface area contributed by atoms with E-state index < -0.39 is 21.7 Å². The lowest BCUT2D eigenvalue weighted by Gasteiger charge is -2.34. The van der Waals surface area contributed by atoms with E-state index in [1.807, 2.05) is 35.2 Å². The summed E-state index contributed by atoms with van der Waals surface area (Å²) in [4.78, 5) is 14.9. The summed E-state index contributed by atoms with van der Waals surface area (Å²) in [5.41, 5.74) is 0.798. The van der Waals surface area contributed by atoms with Crippen LogP contribution < -0.4 is 10.1 Å². The van der Waals surface area contributed by atoms with Gasteiger partial charge in [0.25, 0.3) is 0 Å². The van der Waals surface area contributed by atoms with E-state index in [0.717, 1.165) is 5.56 Å². The van der Waals surface area contributed by atoms with E-state index in [2.05, 4.69) is 5.32 Å². The summed E-state index contributed by atoms with van der Waals surface area (Å²) in [6.07, 6.45) is 0. The van der Waals surface area contributed by atoms with Crippen molar-refractivity contribution in [2.45, 2.75) is 19.0 Å². The first-order valence-corrected chi connectivity index (χ1v) is 11.3. The van der Waals surface area contributed by atoms with Gasteiger partial charge in [-0.05, 0) is 24.6 Å². The van der Waals surface area contributed by atoms with E-state index >= 15 is 0 Å². The van der Waals surface area contributed by atoms with Gasteiger partial charge in [-0.25, -0.2) is 12.8 Å². The summed E-state index contributed by atoms with van der Waals surface area (Å²) in [5, 5.41) is 2.91. The van der Waals surface area contributed by atoms with E-state index in [4.69, 9.17) is 4.74 Å². The Labute approximate surface area is 170 Å². The molecule has 156 valence electrons. The number of carbonyl (C=O) groups excluding carboxylic acids is 1. The van der Waals surface area contributed by atoms with Gasteiger partial charge in [0.15, 0.2) is 21.4 Å². The average molecular weight is 421 g/mol. The fraction of sp³-hybridized carbons (Fsp3) is 0.381. The SMILES string of the molecule is CC(COc1ccccc1F)NC(=O)C(c1ccccc1)N1CCS(=O)(=O)CC1. The number of amides is 1. The van der Waals surface area contributed by atoms with Crippen LogP contribution in [0.4, 0.5) is 4.39 Å². The molecule has 1 heterocycles. The number of halogens is 1. The van der Waals surface area contributed by atoms with Crippen molar-refractivity contribution in [3.63, 3.8) is 0 Å². The molecule has 2 atom stereocenters. The van der Waals surface area contributed by atoms with Crippen LogP contribution in [0.5, 0.6) is 5.75 Å². The third-order valence-electron chi connectivity index (χ3n) is 4.82. The van der Waals surface area contributed by atoms with Crippen LogP contribution in [-0.2, 0) is 14.6 Å². The van der Waals surface area contributed by atoms with Gasteiger partial charge in [-0.3, -0.25) is 9.69 Å². The topological polar surface area (TPSA) is 75.7 Å². The number of rotatable bonds is 7. The fourth-order valence-corrected chi connectivity index (χ4v) is 4.52. The van der Waals surface area contributed by atoms with Crippen molar-refractivity contribution in [3.05, 3.63) is 66.0 Å². The molecule has 3 rings (SSSR count). The van der Waals surface area contributed by atoms with Gasteiger partial charge in [-0.2, -0.15) is 0 Å². The molecule has 2 aromatic carbocycles. The second-order valence-electron chi connectivity index (χ2n) is 7.15. The smallest absolute Gasteiger partial charge is 0.242 e. The Morgan fingerprint density at radius 1 is 1.10 bits per heavy atom. The van der Waals surface area contributed by atoms with Crippen LogP contribution in [-0.4, -0.2) is 56.5 Å². The quantitative estimate of drug-likeness (QED) is 0.743. The highest BCUT2D eigenvalue weighted by molar-refractivity contribution is 7.91. The molecule has 0 aromatic heterocycles. The minimum atomic E-state index is -3.05. The highest BCUT2D eigenvalue weighted by Crippen LogP contribution is 2.23. The molecule has 0 saturated carbocycles. The predicted octanol–water partition coefficient (Wildman–Crippen LogP) is 2.18. The zero-order valence-electron chi connectivity index (χ0n) is 16.3. The van der Waals surface area contributed by atoms with Crippen LogP contribution in [0.2, 0.25) is 0 Å². The van der Waals surface area contributed by atoms with Gasteiger partial charge in [-0.1, -0.05) is 42.5 Å². The first-order chi connectivity index (χ1) is 13.9. The van der Waals surface area contributed by atoms with Crippen molar-refractivity contribution in [1.82, 2.24) is 10.2 Å². The third-order valence-corrected chi connectivity index (χ3v) is 6.43. The van der Waals surface area contributed by atoms with Crippen LogP contribution in [0.3, 0.4) is 0 Å². The molecule has 1 saturated heterocycles. The molecule has 1 aliphatic heterocycles. The van der Waals surface area contributed by atoms with Crippen molar-refractivity contribution >= 4 is 15.7 Å². The second kappa shape index (κ2) is 9.37. The van der Waals surface area contributed by atoms with Crippen LogP contribution in [0, 0.1) is 5.82 Å². The summed E-state index contributed by atoms with van der Waals surface area (Å²) >= 11 is 0. The molecule has 0 radical (unpaired) electrons. The normalized spacial score (nSPS) is 18.6. The Morgan fingerprint density at radius 3 is 2.38 bits per heavy atom. The van der Waals surface area contributed by atoms with Crippen molar-refractivity contribution < 1.29 is 22.3 Å². The predicted molar refractivity (Wildman–Crippen MR) is 109 cm³/mol. The van der Waals surface area contributed by atoms with Gasteiger partial charge in [0.2, 0.25) is 5.91 Å². The minimum Gasteiger partial charge on any atom is -0.488 e. The lowest BCUT2D eigenvalue weighted by molar-refractivity contribution is -0.127. The van der Waals surface area contributed by atoms with Crippen LogP contribution in [0.25, 0.3) is 0 Å². The lowest BCUT2D eigenvalue weighted by atomic mass is 10.0. The maximum absolute atomic E-state index is 13.7. The number of sulfone groups is 1. The summed E-state index contributed by atoms with van der Waals surface area (Å²) in [7, 11) is -3.05. The van der Waals surface area contributed by atoms with Gasteiger partial charge < -0.3 is 10.1 Å². The Bertz CT molecular complexity index is 923. The molecule has 0 bridgehead atoms. The largest absolute Gasteiger partial charge is 0.488 e. The molecule has 0 aliphatic carbocycles. The van der Waals surface area contributed by atoms with Gasteiger partial charge >= 0.3 is 0 Å². The Morgan fingerprint density at radius 2 is 1.72 bits per heavy atom. The lowest BCUT2D eigenvalue weighted by Crippen LogP contribution is -2.49. The highest BCUT2D eigenvalue weighted by atomic mass is 32.2. The molecular weight excluding hydrogens is 395 g/mol. The molecule has 29 heavy (non-hydrogen) atoms. The summed E-state index contributed by atoms with van der Waals surface area (Å²) in [6, 6.07) is 14.4. The first-order valence-electron chi connectivity index (χ1n) is 9.53. The first kappa shape index (κ1) is 21.3. The summed E-state index contributed by atoms with van der Waals surface area (Å²) in [5.74, 6) is -0.484. The number of ether oxygens (including phenoxy) is 1. The van der Waals surface area contributed by atoms with Crippen molar-refractivity contribution in [1.29, 1.82) is 0 Å². The maximum atomic E-state index is 13.7. The molecule has 2 unspecified atom stereocenters. The van der Waals surface area contributed by atoms with Crippen molar-refractivity contribution in [2.24, 2.45) is 0 Å². The number of para-hydroxylation sites is 1. The van der Waals surface area contributed by atoms with Crippen LogP contribution >= 0.6 is 0 Å². The number of hydrogen-bond donors (Lipinski definition) is 1. The summed E-state index contributed by atoms with van der Waals surface area (Å²) < 4.78 is 42.7. The average Bonchev–Trinajstić information content (AvgIpc) is 2.69. The molecule has 1 N–H and O–H groups in total. The van der Waals surface area contributed by atoms with Crippen LogP contribution in [0.15, 0.2) is 54.6 Å². The molecule has 1 amide bonds. The molecule has 2 aromatic rings. The number of hydrogen-bond acceptors (Lipinski definition) is 5. The Hall–Kier alpha value is -2.45. The third kappa shape index (κ3) is 5.77. The zero-order chi connectivity index (χ0) is 20.9. The van der Waals surface area contributed by atoms with Gasteiger partial charge in [0.1, 0.15) is 12.6 Å². The highest BCUT2D eigenvalue weighted by Gasteiger charge is 2.33. The van der Waals surface area contributed by atoms with E-state index in [1.165, 1.54) is 12.1 Å². The van der Waals surface area contributed by atoms with Gasteiger partial charge in [0, 0.05) is 13.1 Å². The van der Waals surface area contributed by atoms with E-state index in [1.54, 1.807) is 19.1 Å². The number of nitrogens with zero attached hydrogens (tertiary/aromatic N) is 1. The molecule has 1 aliphatic rings. The van der Waals surface area contributed by atoms with E-state index in [-0.39, 0.29) is 35.8 Å². The van der Waals surface area contributed by atoms with Gasteiger partial charge in [0.05, 0.1) is 17.5 Å². The minimum absolute atomic E-state index is 0.0373. The number of nitrogens with one attached hydrogen (secondary N) is 1. The van der Waals surface area contributed by atoms with Crippen molar-refractivity contribution in [3.8, 4) is 5.75 Å². The maximum Gasteiger partial charge on any atom is 0.242 e. The fourth-order valence-electron chi connectivity index (χ4n) is 3.29. The monoisotopic (exact) mass is 420 g/mol. The Balaban J connectivity index is 1.67. The molecule has 8 heteroatoms. The summed E-state index contributed by atoms with van der Waals surface area (Å²) in [6.45, 7) is 2.49. The van der Waals surface area contributed by atoms with E-state index in [9.17, 15) is 17.6 Å². The molecule has 0 spiro atoms. The molecule has 1 fully saturated rings. The zero-order valence-corrected chi connectivity index (χ0v) is 17.1. The van der Waals surface area contributed by atoms with Crippen LogP contribution in [0.1, 0.15) is 18.5 Å². The molecule has 6 nitrogen and oxygen atoms in total. The number of carbonyl (C=O) groups is 1. The van der Waals surface area contributed by atoms with Gasteiger partial charge in [-0.15, -0.1) is 0 Å². The standard InChI is InChI=1S/C21H25FN2O4S/c1-16(15-28-19-10-6-5-9-18(19)22)23-21(25)20(17-7-3-2-4-8-17)24-11-13-29(26,27)14-12-24/h2-10,16,20H,11-15H2,1H3,(H,23,25). The van der Waals surface area contributed by atoms with Crippen molar-refractivity contribution in [2.75, 3.05) is 31.2 Å². The number of benzene rings is 2. The van der Waals surface area contributed by atoms with E-state index in [0.29, 0.717) is 13.1 Å². The molecular formula is C21H25FN2O4S.